The SMILES string of the molecule is Cc1cccc(F)c1NC(=O)C1Cc2ccccc2CN1. The van der Waals surface area contributed by atoms with Crippen LogP contribution in [-0.2, 0) is 17.8 Å². The van der Waals surface area contributed by atoms with Crippen LogP contribution < -0.4 is 10.6 Å². The van der Waals surface area contributed by atoms with E-state index in [-0.39, 0.29) is 17.6 Å². The quantitative estimate of drug-likeness (QED) is 0.890. The number of fused-ring (bicyclic) bond motifs is 1. The Balaban J connectivity index is 1.76. The molecule has 1 aliphatic heterocycles. The standard InChI is InChI=1S/C17H17FN2O/c1-11-5-4-8-14(18)16(11)20-17(21)15-9-12-6-2-3-7-13(12)10-19-15/h2-8,15,19H,9-10H2,1H3,(H,20,21). The highest BCUT2D eigenvalue weighted by molar-refractivity contribution is 5.96. The summed E-state index contributed by atoms with van der Waals surface area (Å²) < 4.78 is 13.8. The van der Waals surface area contributed by atoms with Gasteiger partial charge in [0.1, 0.15) is 5.82 Å². The number of hydrogen-bond donors (Lipinski definition) is 2. The van der Waals surface area contributed by atoms with Gasteiger partial charge in [0.2, 0.25) is 5.91 Å². The molecule has 0 aromatic heterocycles. The lowest BCUT2D eigenvalue weighted by atomic mass is 9.95. The van der Waals surface area contributed by atoms with Crippen molar-refractivity contribution >= 4 is 11.6 Å². The van der Waals surface area contributed by atoms with E-state index in [1.807, 2.05) is 18.2 Å². The van der Waals surface area contributed by atoms with E-state index in [1.54, 1.807) is 19.1 Å². The molecule has 2 N–H and O–H groups in total. The summed E-state index contributed by atoms with van der Waals surface area (Å²) in [6, 6.07) is 12.5. The molecule has 0 aliphatic carbocycles. The maximum absolute atomic E-state index is 13.8. The molecule has 0 radical (unpaired) electrons. The predicted molar refractivity (Wildman–Crippen MR) is 80.5 cm³/mol. The van der Waals surface area contributed by atoms with Gasteiger partial charge in [-0.3, -0.25) is 4.79 Å². The third-order valence-electron chi connectivity index (χ3n) is 3.87. The zero-order valence-corrected chi connectivity index (χ0v) is 11.8. The van der Waals surface area contributed by atoms with Crippen LogP contribution in [0.25, 0.3) is 0 Å². The van der Waals surface area contributed by atoms with E-state index in [9.17, 15) is 9.18 Å². The van der Waals surface area contributed by atoms with Gasteiger partial charge in [-0.1, -0.05) is 36.4 Å². The molecule has 21 heavy (non-hydrogen) atoms. The Hall–Kier alpha value is -2.20. The fourth-order valence-electron chi connectivity index (χ4n) is 2.64. The average molecular weight is 284 g/mol. The van der Waals surface area contributed by atoms with E-state index in [0.29, 0.717) is 13.0 Å². The lowest BCUT2D eigenvalue weighted by molar-refractivity contribution is -0.118. The van der Waals surface area contributed by atoms with Crippen LogP contribution in [0.5, 0.6) is 0 Å². The molecule has 2 aromatic carbocycles. The Labute approximate surface area is 123 Å². The second-order valence-electron chi connectivity index (χ2n) is 5.33. The summed E-state index contributed by atoms with van der Waals surface area (Å²) in [5.74, 6) is -0.600. The Morgan fingerprint density at radius 2 is 1.95 bits per heavy atom. The van der Waals surface area contributed by atoms with E-state index < -0.39 is 5.82 Å². The van der Waals surface area contributed by atoms with Crippen LogP contribution >= 0.6 is 0 Å². The Kier molecular flexibility index (Phi) is 3.71. The van der Waals surface area contributed by atoms with Gasteiger partial charge in [-0.15, -0.1) is 0 Å². The highest BCUT2D eigenvalue weighted by Gasteiger charge is 2.24. The number of benzene rings is 2. The summed E-state index contributed by atoms with van der Waals surface area (Å²) in [6.45, 7) is 2.44. The van der Waals surface area contributed by atoms with Gasteiger partial charge in [0.15, 0.2) is 0 Å². The largest absolute Gasteiger partial charge is 0.322 e. The smallest absolute Gasteiger partial charge is 0.241 e. The first kappa shape index (κ1) is 13.8. The van der Waals surface area contributed by atoms with Gasteiger partial charge >= 0.3 is 0 Å². The second-order valence-corrected chi connectivity index (χ2v) is 5.33. The van der Waals surface area contributed by atoms with Crippen LogP contribution in [0.15, 0.2) is 42.5 Å². The van der Waals surface area contributed by atoms with E-state index in [1.165, 1.54) is 17.2 Å². The van der Waals surface area contributed by atoms with Crippen molar-refractivity contribution in [3.63, 3.8) is 0 Å². The van der Waals surface area contributed by atoms with Crippen molar-refractivity contribution in [1.29, 1.82) is 0 Å². The van der Waals surface area contributed by atoms with Gasteiger partial charge < -0.3 is 10.6 Å². The molecule has 4 heteroatoms. The first-order chi connectivity index (χ1) is 10.1. The molecule has 1 atom stereocenters. The van der Waals surface area contributed by atoms with Gasteiger partial charge in [0.05, 0.1) is 11.7 Å². The highest BCUT2D eigenvalue weighted by atomic mass is 19.1. The molecule has 1 heterocycles. The summed E-state index contributed by atoms with van der Waals surface area (Å²) in [4.78, 5) is 12.3. The number of anilines is 1. The van der Waals surface area contributed by atoms with Gasteiger partial charge in [-0.25, -0.2) is 4.39 Å². The van der Waals surface area contributed by atoms with Crippen LogP contribution in [0.4, 0.5) is 10.1 Å². The molecular formula is C17H17FN2O. The molecule has 1 amide bonds. The monoisotopic (exact) mass is 284 g/mol. The van der Waals surface area contributed by atoms with Crippen LogP contribution in [0, 0.1) is 12.7 Å². The number of aryl methyl sites for hydroxylation is 1. The molecule has 1 unspecified atom stereocenters. The average Bonchev–Trinajstić information content (AvgIpc) is 2.50. The number of para-hydroxylation sites is 1. The van der Waals surface area contributed by atoms with E-state index in [0.717, 1.165) is 5.56 Å². The normalized spacial score (nSPS) is 17.1. The molecular weight excluding hydrogens is 267 g/mol. The van der Waals surface area contributed by atoms with E-state index >= 15 is 0 Å². The third-order valence-corrected chi connectivity index (χ3v) is 3.87. The lowest BCUT2D eigenvalue weighted by Gasteiger charge is -2.25. The molecule has 0 saturated heterocycles. The summed E-state index contributed by atoms with van der Waals surface area (Å²) in [5, 5.41) is 5.90. The zero-order chi connectivity index (χ0) is 14.8. The topological polar surface area (TPSA) is 41.1 Å². The van der Waals surface area contributed by atoms with E-state index in [2.05, 4.69) is 16.7 Å². The summed E-state index contributed by atoms with van der Waals surface area (Å²) in [6.07, 6.45) is 0.621. The van der Waals surface area contributed by atoms with Crippen molar-refractivity contribution in [2.45, 2.75) is 25.9 Å². The molecule has 3 rings (SSSR count). The molecule has 0 bridgehead atoms. The second kappa shape index (κ2) is 5.66. The zero-order valence-electron chi connectivity index (χ0n) is 11.8. The van der Waals surface area contributed by atoms with Crippen molar-refractivity contribution < 1.29 is 9.18 Å². The molecule has 0 spiro atoms. The van der Waals surface area contributed by atoms with Crippen molar-refractivity contribution in [1.82, 2.24) is 5.32 Å². The Morgan fingerprint density at radius 1 is 1.19 bits per heavy atom. The lowest BCUT2D eigenvalue weighted by Crippen LogP contribution is -2.44. The van der Waals surface area contributed by atoms with Crippen LogP contribution in [0.3, 0.4) is 0 Å². The van der Waals surface area contributed by atoms with Crippen LogP contribution in [0.1, 0.15) is 16.7 Å². The van der Waals surface area contributed by atoms with E-state index in [4.69, 9.17) is 0 Å². The molecule has 0 saturated carbocycles. The highest BCUT2D eigenvalue weighted by Crippen LogP contribution is 2.21. The molecule has 0 fully saturated rings. The van der Waals surface area contributed by atoms with Crippen molar-refractivity contribution in [2.24, 2.45) is 0 Å². The summed E-state index contributed by atoms with van der Waals surface area (Å²) in [7, 11) is 0. The van der Waals surface area contributed by atoms with Crippen LogP contribution in [-0.4, -0.2) is 11.9 Å². The minimum atomic E-state index is -0.403. The van der Waals surface area contributed by atoms with Gasteiger partial charge in [-0.2, -0.15) is 0 Å². The predicted octanol–water partition coefficient (Wildman–Crippen LogP) is 2.79. The number of carbonyl (C=O) groups excluding carboxylic acids is 1. The minimum Gasteiger partial charge on any atom is -0.322 e. The number of halogens is 1. The van der Waals surface area contributed by atoms with Crippen LogP contribution in [0.2, 0.25) is 0 Å². The van der Waals surface area contributed by atoms with Crippen molar-refractivity contribution in [3.05, 3.63) is 65.0 Å². The first-order valence-electron chi connectivity index (χ1n) is 7.01. The third kappa shape index (κ3) is 2.81. The fraction of sp³-hybridized carbons (Fsp3) is 0.235. The van der Waals surface area contributed by atoms with Crippen molar-refractivity contribution in [2.75, 3.05) is 5.32 Å². The maximum Gasteiger partial charge on any atom is 0.241 e. The van der Waals surface area contributed by atoms with Gasteiger partial charge in [-0.05, 0) is 36.1 Å². The maximum atomic E-state index is 13.8. The number of hydrogen-bond acceptors (Lipinski definition) is 2. The number of amides is 1. The number of carbonyl (C=O) groups is 1. The molecule has 108 valence electrons. The van der Waals surface area contributed by atoms with Gasteiger partial charge in [0.25, 0.3) is 0 Å². The first-order valence-corrected chi connectivity index (χ1v) is 7.01. The number of rotatable bonds is 2. The molecule has 2 aromatic rings. The van der Waals surface area contributed by atoms with Gasteiger partial charge in [0, 0.05) is 6.54 Å². The molecule has 1 aliphatic rings. The Bertz CT molecular complexity index is 664. The number of nitrogens with one attached hydrogen (secondary N) is 2. The van der Waals surface area contributed by atoms with Crippen molar-refractivity contribution in [3.8, 4) is 0 Å². The Morgan fingerprint density at radius 3 is 2.71 bits per heavy atom. The molecule has 3 nitrogen and oxygen atoms in total. The summed E-state index contributed by atoms with van der Waals surface area (Å²) in [5.41, 5.74) is 3.37. The summed E-state index contributed by atoms with van der Waals surface area (Å²) >= 11 is 0. The fourth-order valence-corrected chi connectivity index (χ4v) is 2.64. The minimum absolute atomic E-state index is 0.197.